The Hall–Kier alpha value is -4.10. The van der Waals surface area contributed by atoms with Crippen molar-refractivity contribution in [1.82, 2.24) is 10.6 Å². The predicted molar refractivity (Wildman–Crippen MR) is 150 cm³/mol. The fraction of sp³-hybridized carbons (Fsp3) is 0.286. The highest BCUT2D eigenvalue weighted by molar-refractivity contribution is 7.92. The molecule has 1 aliphatic rings. The van der Waals surface area contributed by atoms with Gasteiger partial charge in [0.25, 0.3) is 15.9 Å². The van der Waals surface area contributed by atoms with E-state index in [2.05, 4.69) is 20.3 Å². The summed E-state index contributed by atoms with van der Waals surface area (Å²) >= 11 is 0. The summed E-state index contributed by atoms with van der Waals surface area (Å²) in [6.07, 6.45) is -5.08. The van der Waals surface area contributed by atoms with Crippen molar-refractivity contribution < 1.29 is 36.3 Å². The maximum absolute atomic E-state index is 13.2. The number of sulfonamides is 1. The second-order valence-corrected chi connectivity index (χ2v) is 11.0. The van der Waals surface area contributed by atoms with Crippen LogP contribution in [0, 0.1) is 13.8 Å². The molecule has 1 heterocycles. The number of aliphatic carboxylic acids is 1. The quantitative estimate of drug-likeness (QED) is 0.326. The maximum atomic E-state index is 13.2. The summed E-state index contributed by atoms with van der Waals surface area (Å²) in [6.45, 7) is 7.36. The highest BCUT2D eigenvalue weighted by atomic mass is 32.2. The van der Waals surface area contributed by atoms with Crippen LogP contribution in [0.5, 0.6) is 0 Å². The first kappa shape index (κ1) is 31.4. The van der Waals surface area contributed by atoms with Crippen LogP contribution in [0.3, 0.4) is 0 Å². The summed E-state index contributed by atoms with van der Waals surface area (Å²) in [7, 11) is -3.82. The molecular weight excluding hydrogens is 561 g/mol. The first-order chi connectivity index (χ1) is 19.3. The SMILES string of the molecule is Cc1cccc(CNC(=O)c2ccc(N3CCNCC3)c(NS(=O)(=O)c3cccc(C)c3)c2)c1.O=C(O)C(F)(F)F. The van der Waals surface area contributed by atoms with Crippen molar-refractivity contribution in [3.05, 3.63) is 89.0 Å². The second-order valence-electron chi connectivity index (χ2n) is 9.37. The first-order valence-electron chi connectivity index (χ1n) is 12.6. The molecule has 4 N–H and O–H groups in total. The van der Waals surface area contributed by atoms with Gasteiger partial charge in [-0.3, -0.25) is 9.52 Å². The highest BCUT2D eigenvalue weighted by Crippen LogP contribution is 2.30. The van der Waals surface area contributed by atoms with Crippen molar-refractivity contribution in [1.29, 1.82) is 0 Å². The van der Waals surface area contributed by atoms with Crippen LogP contribution in [0.15, 0.2) is 71.6 Å². The van der Waals surface area contributed by atoms with Gasteiger partial charge in [0.2, 0.25) is 0 Å². The van der Waals surface area contributed by atoms with Gasteiger partial charge in [0.05, 0.1) is 16.3 Å². The van der Waals surface area contributed by atoms with Gasteiger partial charge in [-0.1, -0.05) is 42.0 Å². The molecule has 13 heteroatoms. The zero-order valence-electron chi connectivity index (χ0n) is 22.5. The van der Waals surface area contributed by atoms with E-state index in [0.29, 0.717) is 17.8 Å². The zero-order valence-corrected chi connectivity index (χ0v) is 23.3. The Morgan fingerprint density at radius 2 is 1.56 bits per heavy atom. The van der Waals surface area contributed by atoms with E-state index in [9.17, 15) is 26.4 Å². The number of carbonyl (C=O) groups excluding carboxylic acids is 1. The van der Waals surface area contributed by atoms with Gasteiger partial charge in [-0.2, -0.15) is 13.2 Å². The molecule has 1 fully saturated rings. The van der Waals surface area contributed by atoms with E-state index in [1.807, 2.05) is 50.2 Å². The largest absolute Gasteiger partial charge is 0.490 e. The van der Waals surface area contributed by atoms with Gasteiger partial charge in [0.15, 0.2) is 0 Å². The summed E-state index contributed by atoms with van der Waals surface area (Å²) in [4.78, 5) is 24.1. The van der Waals surface area contributed by atoms with E-state index in [0.717, 1.165) is 48.6 Å². The van der Waals surface area contributed by atoms with E-state index < -0.39 is 22.2 Å². The molecule has 3 aromatic rings. The number of rotatable bonds is 7. The summed E-state index contributed by atoms with van der Waals surface area (Å²) in [5, 5.41) is 13.4. The van der Waals surface area contributed by atoms with Gasteiger partial charge in [0, 0.05) is 38.3 Å². The Balaban J connectivity index is 0.000000587. The molecule has 0 saturated carbocycles. The summed E-state index contributed by atoms with van der Waals surface area (Å²) in [5.41, 5.74) is 4.54. The van der Waals surface area contributed by atoms with E-state index in [4.69, 9.17) is 9.90 Å². The summed E-state index contributed by atoms with van der Waals surface area (Å²) < 4.78 is 60.8. The molecule has 3 aromatic carbocycles. The number of anilines is 2. The lowest BCUT2D eigenvalue weighted by molar-refractivity contribution is -0.192. The number of nitrogens with zero attached hydrogens (tertiary/aromatic N) is 1. The molecule has 4 rings (SSSR count). The Bertz CT molecular complexity index is 1490. The molecule has 0 bridgehead atoms. The van der Waals surface area contributed by atoms with Crippen LogP contribution in [0.1, 0.15) is 27.0 Å². The van der Waals surface area contributed by atoms with Crippen LogP contribution in [0.4, 0.5) is 24.5 Å². The lowest BCUT2D eigenvalue weighted by Crippen LogP contribution is -2.43. The van der Waals surface area contributed by atoms with E-state index in [-0.39, 0.29) is 10.8 Å². The van der Waals surface area contributed by atoms with Crippen molar-refractivity contribution >= 4 is 33.3 Å². The number of benzene rings is 3. The van der Waals surface area contributed by atoms with Gasteiger partial charge in [0.1, 0.15) is 0 Å². The number of hydrogen-bond donors (Lipinski definition) is 4. The fourth-order valence-electron chi connectivity index (χ4n) is 4.03. The monoisotopic (exact) mass is 592 g/mol. The Kier molecular flexibility index (Phi) is 10.4. The first-order valence-corrected chi connectivity index (χ1v) is 14.1. The third-order valence-electron chi connectivity index (χ3n) is 6.04. The van der Waals surface area contributed by atoms with Crippen LogP contribution in [-0.4, -0.2) is 57.8 Å². The summed E-state index contributed by atoms with van der Waals surface area (Å²) in [6, 6.07) is 19.9. The Morgan fingerprint density at radius 1 is 0.951 bits per heavy atom. The number of hydrogen-bond acceptors (Lipinski definition) is 6. The molecular formula is C28H31F3N4O5S. The number of piperazine rings is 1. The number of nitrogens with one attached hydrogen (secondary N) is 3. The number of carboxylic acids is 1. The molecule has 0 radical (unpaired) electrons. The van der Waals surface area contributed by atoms with E-state index >= 15 is 0 Å². The minimum atomic E-state index is -5.08. The molecule has 0 atom stereocenters. The molecule has 0 aromatic heterocycles. The molecule has 1 aliphatic heterocycles. The number of halogens is 3. The minimum Gasteiger partial charge on any atom is -0.475 e. The fourth-order valence-corrected chi connectivity index (χ4v) is 5.20. The van der Waals surface area contributed by atoms with Crippen molar-refractivity contribution in [3.8, 4) is 0 Å². The standard InChI is InChI=1S/C26H30N4O3S.C2HF3O2/c1-19-5-3-7-21(15-19)18-28-26(31)22-9-10-25(30-13-11-27-12-14-30)24(17-22)29-34(32,33)23-8-4-6-20(2)16-23;3-2(4,5)1(6)7/h3-10,15-17,27,29H,11-14,18H2,1-2H3,(H,28,31);(H,6,7). The van der Waals surface area contributed by atoms with E-state index in [1.54, 1.807) is 30.3 Å². The van der Waals surface area contributed by atoms with Crippen LogP contribution >= 0.6 is 0 Å². The molecule has 9 nitrogen and oxygen atoms in total. The lowest BCUT2D eigenvalue weighted by atomic mass is 10.1. The number of amides is 1. The molecule has 1 saturated heterocycles. The van der Waals surface area contributed by atoms with Gasteiger partial charge in [-0.15, -0.1) is 0 Å². The topological polar surface area (TPSA) is 128 Å². The zero-order chi connectivity index (χ0) is 30.2. The highest BCUT2D eigenvalue weighted by Gasteiger charge is 2.38. The van der Waals surface area contributed by atoms with Gasteiger partial charge >= 0.3 is 12.1 Å². The average molecular weight is 593 g/mol. The normalized spacial score (nSPS) is 13.5. The lowest BCUT2D eigenvalue weighted by Gasteiger charge is -2.31. The second kappa shape index (κ2) is 13.5. The minimum absolute atomic E-state index is 0.188. The average Bonchev–Trinajstić information content (AvgIpc) is 2.92. The van der Waals surface area contributed by atoms with Crippen LogP contribution in [0.25, 0.3) is 0 Å². The molecule has 41 heavy (non-hydrogen) atoms. The predicted octanol–water partition coefficient (Wildman–Crippen LogP) is 4.08. The van der Waals surface area contributed by atoms with Crippen LogP contribution in [0.2, 0.25) is 0 Å². The number of alkyl halides is 3. The maximum Gasteiger partial charge on any atom is 0.490 e. The smallest absolute Gasteiger partial charge is 0.475 e. The van der Waals surface area contributed by atoms with Gasteiger partial charge < -0.3 is 20.6 Å². The third-order valence-corrected chi connectivity index (χ3v) is 7.40. The van der Waals surface area contributed by atoms with Crippen LogP contribution in [-0.2, 0) is 21.4 Å². The van der Waals surface area contributed by atoms with Crippen LogP contribution < -0.4 is 20.3 Å². The molecule has 0 aliphatic carbocycles. The van der Waals surface area contributed by atoms with Gasteiger partial charge in [-0.05, 0) is 55.3 Å². The number of carboxylic acid groups (broad SMARTS) is 1. The molecule has 0 spiro atoms. The molecule has 1 amide bonds. The van der Waals surface area contributed by atoms with Crippen molar-refractivity contribution in [2.24, 2.45) is 0 Å². The van der Waals surface area contributed by atoms with Gasteiger partial charge in [-0.25, -0.2) is 13.2 Å². The third kappa shape index (κ3) is 9.22. The van der Waals surface area contributed by atoms with Crippen molar-refractivity contribution in [2.45, 2.75) is 31.5 Å². The molecule has 0 unspecified atom stereocenters. The van der Waals surface area contributed by atoms with E-state index in [1.165, 1.54) is 0 Å². The Labute approximate surface area is 236 Å². The number of carbonyl (C=O) groups is 2. The van der Waals surface area contributed by atoms with Crippen molar-refractivity contribution in [3.63, 3.8) is 0 Å². The Morgan fingerprint density at radius 3 is 2.15 bits per heavy atom. The van der Waals surface area contributed by atoms with Crippen molar-refractivity contribution in [2.75, 3.05) is 35.8 Å². The molecule has 220 valence electrons. The number of aryl methyl sites for hydroxylation is 2. The summed E-state index contributed by atoms with van der Waals surface area (Å²) in [5.74, 6) is -3.02.